The average molecular weight is 294 g/mol. The summed E-state index contributed by atoms with van der Waals surface area (Å²) in [7, 11) is 0. The summed E-state index contributed by atoms with van der Waals surface area (Å²) in [6.45, 7) is 7.48. The molecule has 21 heavy (non-hydrogen) atoms. The standard InChI is InChI=1S/C14H22N4O3/c1-10-5-4-7-16(9-10)13(19)6-8-17-12(3)14(18(20)21)11(2)15-17/h10H,4-9H2,1-3H3/t10-/m0/s1. The van der Waals surface area contributed by atoms with Crippen LogP contribution in [-0.2, 0) is 11.3 Å². The number of carbonyl (C=O) groups is 1. The molecule has 0 saturated carbocycles. The highest BCUT2D eigenvalue weighted by Gasteiger charge is 2.24. The second-order valence-corrected chi connectivity index (χ2v) is 5.84. The Balaban J connectivity index is 1.98. The maximum Gasteiger partial charge on any atom is 0.312 e. The van der Waals surface area contributed by atoms with Crippen LogP contribution in [-0.4, -0.2) is 38.6 Å². The molecular formula is C14H22N4O3. The highest BCUT2D eigenvalue weighted by Crippen LogP contribution is 2.22. The lowest BCUT2D eigenvalue weighted by Gasteiger charge is -2.31. The number of rotatable bonds is 4. The number of nitrogens with zero attached hydrogens (tertiary/aromatic N) is 4. The molecule has 0 bridgehead atoms. The second kappa shape index (κ2) is 6.24. The van der Waals surface area contributed by atoms with Gasteiger partial charge in [-0.15, -0.1) is 0 Å². The van der Waals surface area contributed by atoms with Gasteiger partial charge in [0.15, 0.2) is 0 Å². The molecule has 1 atom stereocenters. The van der Waals surface area contributed by atoms with Gasteiger partial charge < -0.3 is 4.90 Å². The van der Waals surface area contributed by atoms with Gasteiger partial charge >= 0.3 is 5.69 Å². The Hall–Kier alpha value is -1.92. The number of piperidine rings is 1. The number of hydrogen-bond donors (Lipinski definition) is 0. The second-order valence-electron chi connectivity index (χ2n) is 5.84. The zero-order valence-corrected chi connectivity index (χ0v) is 12.8. The summed E-state index contributed by atoms with van der Waals surface area (Å²) in [5, 5.41) is 15.1. The van der Waals surface area contributed by atoms with Crippen LogP contribution in [0.15, 0.2) is 0 Å². The van der Waals surface area contributed by atoms with Gasteiger partial charge in [0.25, 0.3) is 0 Å². The number of amides is 1. The molecule has 7 nitrogen and oxygen atoms in total. The number of aromatic nitrogens is 2. The van der Waals surface area contributed by atoms with Crippen molar-refractivity contribution >= 4 is 11.6 Å². The van der Waals surface area contributed by atoms with Crippen LogP contribution in [0.5, 0.6) is 0 Å². The number of hydrogen-bond acceptors (Lipinski definition) is 4. The zero-order chi connectivity index (χ0) is 15.6. The lowest BCUT2D eigenvalue weighted by molar-refractivity contribution is -0.386. The lowest BCUT2D eigenvalue weighted by atomic mass is 10.00. The van der Waals surface area contributed by atoms with E-state index in [1.54, 1.807) is 18.5 Å². The van der Waals surface area contributed by atoms with E-state index in [0.717, 1.165) is 19.5 Å². The molecule has 1 amide bonds. The smallest absolute Gasteiger partial charge is 0.312 e. The molecule has 2 rings (SSSR count). The third-order valence-corrected chi connectivity index (χ3v) is 4.07. The van der Waals surface area contributed by atoms with Crippen molar-refractivity contribution in [3.05, 3.63) is 21.5 Å². The van der Waals surface area contributed by atoms with Gasteiger partial charge in [-0.3, -0.25) is 19.6 Å². The minimum atomic E-state index is -0.414. The molecule has 0 N–H and O–H groups in total. The first-order valence-electron chi connectivity index (χ1n) is 7.36. The van der Waals surface area contributed by atoms with Crippen LogP contribution in [0, 0.1) is 29.9 Å². The molecule has 0 unspecified atom stereocenters. The average Bonchev–Trinajstić information content (AvgIpc) is 2.70. The minimum Gasteiger partial charge on any atom is -0.342 e. The van der Waals surface area contributed by atoms with Crippen molar-refractivity contribution < 1.29 is 9.72 Å². The first-order chi connectivity index (χ1) is 9.90. The van der Waals surface area contributed by atoms with Crippen molar-refractivity contribution in [3.8, 4) is 0 Å². The molecule has 1 aliphatic rings. The van der Waals surface area contributed by atoms with Gasteiger partial charge in [0.1, 0.15) is 11.4 Å². The predicted molar refractivity (Wildman–Crippen MR) is 78.0 cm³/mol. The van der Waals surface area contributed by atoms with Gasteiger partial charge in [-0.05, 0) is 32.6 Å². The van der Waals surface area contributed by atoms with Gasteiger partial charge in [-0.1, -0.05) is 6.92 Å². The number of likely N-dealkylation sites (tertiary alicyclic amines) is 1. The number of carbonyl (C=O) groups excluding carboxylic acids is 1. The zero-order valence-electron chi connectivity index (χ0n) is 12.8. The van der Waals surface area contributed by atoms with Gasteiger partial charge in [0.2, 0.25) is 5.91 Å². The first kappa shape index (κ1) is 15.5. The molecule has 1 aromatic rings. The normalized spacial score (nSPS) is 18.8. The van der Waals surface area contributed by atoms with Crippen LogP contribution in [0.2, 0.25) is 0 Å². The van der Waals surface area contributed by atoms with Gasteiger partial charge in [-0.25, -0.2) is 0 Å². The Morgan fingerprint density at radius 3 is 2.76 bits per heavy atom. The quantitative estimate of drug-likeness (QED) is 0.628. The fourth-order valence-electron chi connectivity index (χ4n) is 2.94. The summed E-state index contributed by atoms with van der Waals surface area (Å²) in [5.74, 6) is 0.661. The molecule has 2 heterocycles. The van der Waals surface area contributed by atoms with E-state index in [9.17, 15) is 14.9 Å². The Morgan fingerprint density at radius 2 is 2.19 bits per heavy atom. The molecule has 1 fully saturated rings. The van der Waals surface area contributed by atoms with Crippen molar-refractivity contribution in [1.82, 2.24) is 14.7 Å². The molecule has 7 heteroatoms. The maximum atomic E-state index is 12.2. The third-order valence-electron chi connectivity index (χ3n) is 4.07. The van der Waals surface area contributed by atoms with Crippen molar-refractivity contribution in [3.63, 3.8) is 0 Å². The van der Waals surface area contributed by atoms with Crippen LogP contribution in [0.4, 0.5) is 5.69 Å². The lowest BCUT2D eigenvalue weighted by Crippen LogP contribution is -2.39. The van der Waals surface area contributed by atoms with E-state index in [4.69, 9.17) is 0 Å². The summed E-state index contributed by atoms with van der Waals surface area (Å²) < 4.78 is 1.57. The van der Waals surface area contributed by atoms with Crippen LogP contribution in [0.25, 0.3) is 0 Å². The molecule has 0 aliphatic carbocycles. The highest BCUT2D eigenvalue weighted by atomic mass is 16.6. The van der Waals surface area contributed by atoms with Gasteiger partial charge in [0.05, 0.1) is 11.5 Å². The summed E-state index contributed by atoms with van der Waals surface area (Å²) in [4.78, 5) is 24.6. The summed E-state index contributed by atoms with van der Waals surface area (Å²) in [5.41, 5.74) is 0.961. The predicted octanol–water partition coefficient (Wildman–Crippen LogP) is 2.06. The fourth-order valence-corrected chi connectivity index (χ4v) is 2.94. The Bertz CT molecular complexity index is 553. The SMILES string of the molecule is Cc1nn(CCC(=O)N2CCC[C@H](C)C2)c(C)c1[N+](=O)[O-]. The van der Waals surface area contributed by atoms with Crippen LogP contribution >= 0.6 is 0 Å². The number of aryl methyl sites for hydroxylation is 2. The van der Waals surface area contributed by atoms with E-state index < -0.39 is 4.92 Å². The molecule has 1 aliphatic heterocycles. The summed E-state index contributed by atoms with van der Waals surface area (Å²) in [6, 6.07) is 0. The molecule has 0 radical (unpaired) electrons. The van der Waals surface area contributed by atoms with Crippen molar-refractivity contribution in [2.24, 2.45) is 5.92 Å². The third kappa shape index (κ3) is 3.40. The van der Waals surface area contributed by atoms with Crippen molar-refractivity contribution in [2.45, 2.75) is 46.6 Å². The molecule has 1 aromatic heterocycles. The molecule has 0 spiro atoms. The first-order valence-corrected chi connectivity index (χ1v) is 7.36. The van der Waals surface area contributed by atoms with Crippen LogP contribution in [0.3, 0.4) is 0 Å². The fraction of sp³-hybridized carbons (Fsp3) is 0.714. The van der Waals surface area contributed by atoms with E-state index >= 15 is 0 Å². The Labute approximate surface area is 124 Å². The van der Waals surface area contributed by atoms with Gasteiger partial charge in [0, 0.05) is 19.5 Å². The largest absolute Gasteiger partial charge is 0.342 e. The van der Waals surface area contributed by atoms with Crippen LogP contribution < -0.4 is 0 Å². The van der Waals surface area contributed by atoms with Crippen molar-refractivity contribution in [2.75, 3.05) is 13.1 Å². The van der Waals surface area contributed by atoms with Crippen molar-refractivity contribution in [1.29, 1.82) is 0 Å². The van der Waals surface area contributed by atoms with Gasteiger partial charge in [-0.2, -0.15) is 5.10 Å². The van der Waals surface area contributed by atoms with E-state index in [1.165, 1.54) is 6.42 Å². The monoisotopic (exact) mass is 294 g/mol. The Kier molecular flexibility index (Phi) is 4.59. The highest BCUT2D eigenvalue weighted by molar-refractivity contribution is 5.76. The molecule has 1 saturated heterocycles. The maximum absolute atomic E-state index is 12.2. The Morgan fingerprint density at radius 1 is 1.48 bits per heavy atom. The van der Waals surface area contributed by atoms with E-state index in [2.05, 4.69) is 12.0 Å². The molecule has 116 valence electrons. The molecular weight excluding hydrogens is 272 g/mol. The van der Waals surface area contributed by atoms with E-state index in [-0.39, 0.29) is 11.6 Å². The molecule has 0 aromatic carbocycles. The summed E-state index contributed by atoms with van der Waals surface area (Å²) in [6.07, 6.45) is 2.57. The summed E-state index contributed by atoms with van der Waals surface area (Å²) >= 11 is 0. The topological polar surface area (TPSA) is 81.3 Å². The van der Waals surface area contributed by atoms with E-state index in [1.807, 2.05) is 4.90 Å². The van der Waals surface area contributed by atoms with E-state index in [0.29, 0.717) is 30.3 Å². The minimum absolute atomic E-state index is 0.0500. The van der Waals surface area contributed by atoms with Crippen LogP contribution in [0.1, 0.15) is 37.6 Å². The number of nitro groups is 1.